The van der Waals surface area contributed by atoms with Gasteiger partial charge in [-0.15, -0.1) is 0 Å². The second-order valence-electron chi connectivity index (χ2n) is 6.90. The lowest BCUT2D eigenvalue weighted by molar-refractivity contribution is -0.154. The highest BCUT2D eigenvalue weighted by Crippen LogP contribution is 2.53. The Morgan fingerprint density at radius 3 is 2.69 bits per heavy atom. The molecule has 1 heterocycles. The molecule has 0 amide bonds. The van der Waals surface area contributed by atoms with Gasteiger partial charge in [0, 0.05) is 16.8 Å². The molecule has 4 atom stereocenters. The lowest BCUT2D eigenvalue weighted by Crippen LogP contribution is -2.33. The number of benzene rings is 1. The molecule has 5 heteroatoms. The number of esters is 1. The van der Waals surface area contributed by atoms with Gasteiger partial charge in [-0.05, 0) is 49.5 Å². The molecule has 2 aliphatic rings. The van der Waals surface area contributed by atoms with E-state index in [-0.39, 0.29) is 30.3 Å². The number of rotatable bonds is 4. The van der Waals surface area contributed by atoms with Crippen LogP contribution in [-0.4, -0.2) is 24.5 Å². The zero-order valence-corrected chi connectivity index (χ0v) is 16.8. The maximum atomic E-state index is 12.6. The van der Waals surface area contributed by atoms with Gasteiger partial charge in [0.1, 0.15) is 0 Å². The summed E-state index contributed by atoms with van der Waals surface area (Å²) < 4.78 is 12.4. The molecule has 0 spiro atoms. The van der Waals surface area contributed by atoms with Gasteiger partial charge in [-0.2, -0.15) is 0 Å². The number of halogens is 1. The fourth-order valence-electron chi connectivity index (χ4n) is 4.01. The van der Waals surface area contributed by atoms with Gasteiger partial charge in [-0.1, -0.05) is 46.3 Å². The monoisotopic (exact) mass is 418 g/mol. The molecule has 1 aromatic carbocycles. The summed E-state index contributed by atoms with van der Waals surface area (Å²) in [4.78, 5) is 25.1. The van der Waals surface area contributed by atoms with E-state index in [4.69, 9.17) is 9.47 Å². The molecule has 1 aromatic rings. The smallest absolute Gasteiger partial charge is 0.339 e. The van der Waals surface area contributed by atoms with Gasteiger partial charge in [-0.3, -0.25) is 4.79 Å². The van der Waals surface area contributed by atoms with Crippen molar-refractivity contribution in [2.75, 3.05) is 6.61 Å². The first-order valence-corrected chi connectivity index (χ1v) is 9.61. The van der Waals surface area contributed by atoms with Gasteiger partial charge >= 0.3 is 5.97 Å². The highest BCUT2D eigenvalue weighted by atomic mass is 79.9. The van der Waals surface area contributed by atoms with E-state index >= 15 is 0 Å². The van der Waals surface area contributed by atoms with Crippen LogP contribution >= 0.6 is 15.9 Å². The van der Waals surface area contributed by atoms with Crippen LogP contribution in [0, 0.1) is 11.8 Å². The van der Waals surface area contributed by atoms with Crippen LogP contribution < -0.4 is 0 Å². The summed E-state index contributed by atoms with van der Waals surface area (Å²) in [6, 6.07) is 7.83. The normalized spacial score (nSPS) is 28.1. The first-order valence-electron chi connectivity index (χ1n) is 8.82. The van der Waals surface area contributed by atoms with Crippen LogP contribution in [0.25, 0.3) is 0 Å². The summed E-state index contributed by atoms with van der Waals surface area (Å²) >= 11 is 3.59. The Balaban J connectivity index is 2.15. The van der Waals surface area contributed by atoms with Crippen LogP contribution in [0.15, 0.2) is 52.0 Å². The van der Waals surface area contributed by atoms with Gasteiger partial charge in [-0.25, -0.2) is 4.79 Å². The third-order valence-corrected chi connectivity index (χ3v) is 6.01. The molecule has 1 aliphatic carbocycles. The number of hydrogen-bond donors (Lipinski definition) is 0. The summed E-state index contributed by atoms with van der Waals surface area (Å²) in [6.45, 7) is 9.86. The molecule has 0 N–H and O–H groups in total. The van der Waals surface area contributed by atoms with Crippen LogP contribution in [0.2, 0.25) is 0 Å². The Hall–Kier alpha value is -1.72. The molecule has 1 saturated heterocycles. The number of Topliss-reactive ketones (excluding diaryl/α,β-unsaturated/α-hetero) is 1. The van der Waals surface area contributed by atoms with Crippen LogP contribution in [0.3, 0.4) is 0 Å². The standard InChI is InChI=1S/C21H23BrO4/c1-5-25-21(24)20-17-12(4)16(23)10-14(11(2)3)18(17)19(26-20)13-8-6-7-9-15(13)22/h6-9,14,18-20H,2,5,10H2,1,3-4H3/t14-,18-,19+,20+/m1/s1. The van der Waals surface area contributed by atoms with E-state index in [1.54, 1.807) is 13.8 Å². The molecule has 0 radical (unpaired) electrons. The summed E-state index contributed by atoms with van der Waals surface area (Å²) in [6.07, 6.45) is -0.780. The second kappa shape index (κ2) is 7.49. The number of carbonyl (C=O) groups excluding carboxylic acids is 2. The van der Waals surface area contributed by atoms with E-state index in [0.29, 0.717) is 12.0 Å². The first kappa shape index (κ1) is 19.1. The number of carbonyl (C=O) groups is 2. The maximum absolute atomic E-state index is 12.6. The first-order chi connectivity index (χ1) is 12.4. The lowest BCUT2D eigenvalue weighted by Gasteiger charge is -2.33. The van der Waals surface area contributed by atoms with Crippen molar-refractivity contribution in [2.24, 2.45) is 11.8 Å². The number of ketones is 1. The molecule has 0 saturated carbocycles. The maximum Gasteiger partial charge on any atom is 0.339 e. The third kappa shape index (κ3) is 3.19. The van der Waals surface area contributed by atoms with Crippen molar-refractivity contribution in [3.8, 4) is 0 Å². The Bertz CT molecular complexity index is 795. The average molecular weight is 419 g/mol. The van der Waals surface area contributed by atoms with Crippen molar-refractivity contribution in [3.05, 3.63) is 57.6 Å². The second-order valence-corrected chi connectivity index (χ2v) is 7.75. The van der Waals surface area contributed by atoms with E-state index < -0.39 is 12.1 Å². The predicted molar refractivity (Wildman–Crippen MR) is 103 cm³/mol. The summed E-state index contributed by atoms with van der Waals surface area (Å²) in [5, 5.41) is 0. The van der Waals surface area contributed by atoms with Gasteiger partial charge < -0.3 is 9.47 Å². The molecular formula is C21H23BrO4. The van der Waals surface area contributed by atoms with Crippen LogP contribution in [-0.2, 0) is 19.1 Å². The van der Waals surface area contributed by atoms with E-state index in [9.17, 15) is 9.59 Å². The fourth-order valence-corrected chi connectivity index (χ4v) is 4.52. The van der Waals surface area contributed by atoms with E-state index in [1.165, 1.54) is 0 Å². The molecule has 26 heavy (non-hydrogen) atoms. The fraction of sp³-hybridized carbons (Fsp3) is 0.429. The van der Waals surface area contributed by atoms with Crippen LogP contribution in [0.5, 0.6) is 0 Å². The summed E-state index contributed by atoms with van der Waals surface area (Å²) in [5.74, 6) is -0.539. The Kier molecular flexibility index (Phi) is 5.49. The molecule has 0 aromatic heterocycles. The minimum atomic E-state index is -0.844. The van der Waals surface area contributed by atoms with Crippen molar-refractivity contribution in [1.29, 1.82) is 0 Å². The van der Waals surface area contributed by atoms with E-state index in [1.807, 2.05) is 31.2 Å². The predicted octanol–water partition coefficient (Wildman–Crippen LogP) is 4.55. The molecule has 1 fully saturated rings. The Morgan fingerprint density at radius 2 is 2.08 bits per heavy atom. The SMILES string of the molecule is C=C(C)[C@H]1CC(=O)C(C)=C2[C@@H](C(=O)OCC)O[C@@H](c3ccccc3Br)[C@@H]21. The number of ether oxygens (including phenoxy) is 2. The average Bonchev–Trinajstić information content (AvgIpc) is 2.99. The van der Waals surface area contributed by atoms with Crippen LogP contribution in [0.1, 0.15) is 38.9 Å². The molecule has 4 nitrogen and oxygen atoms in total. The topological polar surface area (TPSA) is 52.6 Å². The molecule has 0 unspecified atom stereocenters. The quantitative estimate of drug-likeness (QED) is 0.531. The third-order valence-electron chi connectivity index (χ3n) is 5.29. The Labute approximate surface area is 162 Å². The molecule has 0 bridgehead atoms. The van der Waals surface area contributed by atoms with Crippen molar-refractivity contribution in [1.82, 2.24) is 0 Å². The summed E-state index contributed by atoms with van der Waals surface area (Å²) in [5.41, 5.74) is 3.28. The number of fused-ring (bicyclic) bond motifs is 1. The van der Waals surface area contributed by atoms with Crippen molar-refractivity contribution in [3.63, 3.8) is 0 Å². The van der Waals surface area contributed by atoms with E-state index in [0.717, 1.165) is 21.2 Å². The molecular weight excluding hydrogens is 396 g/mol. The molecule has 138 valence electrons. The van der Waals surface area contributed by atoms with Gasteiger partial charge in [0.2, 0.25) is 0 Å². The van der Waals surface area contributed by atoms with E-state index in [2.05, 4.69) is 22.5 Å². The Morgan fingerprint density at radius 1 is 1.38 bits per heavy atom. The highest BCUT2D eigenvalue weighted by Gasteiger charge is 2.52. The molecule has 3 rings (SSSR count). The van der Waals surface area contributed by atoms with Crippen LogP contribution in [0.4, 0.5) is 0 Å². The van der Waals surface area contributed by atoms with Gasteiger partial charge in [0.15, 0.2) is 11.9 Å². The number of hydrogen-bond acceptors (Lipinski definition) is 4. The largest absolute Gasteiger partial charge is 0.464 e. The minimum absolute atomic E-state index is 0.0509. The molecule has 1 aliphatic heterocycles. The highest BCUT2D eigenvalue weighted by molar-refractivity contribution is 9.10. The zero-order valence-electron chi connectivity index (χ0n) is 15.3. The van der Waals surface area contributed by atoms with Crippen molar-refractivity contribution in [2.45, 2.75) is 39.4 Å². The minimum Gasteiger partial charge on any atom is -0.464 e. The van der Waals surface area contributed by atoms with Gasteiger partial charge in [0.25, 0.3) is 0 Å². The summed E-state index contributed by atoms with van der Waals surface area (Å²) in [7, 11) is 0. The zero-order chi connectivity index (χ0) is 19.0. The van der Waals surface area contributed by atoms with Crippen molar-refractivity contribution < 1.29 is 19.1 Å². The number of allylic oxidation sites excluding steroid dienone is 2. The van der Waals surface area contributed by atoms with Gasteiger partial charge in [0.05, 0.1) is 12.7 Å². The lowest BCUT2D eigenvalue weighted by atomic mass is 9.69. The van der Waals surface area contributed by atoms with Crippen molar-refractivity contribution >= 4 is 27.7 Å².